The van der Waals surface area contributed by atoms with E-state index in [-0.39, 0.29) is 23.3 Å². The number of carbonyl (C=O) groups excluding carboxylic acids is 1. The van der Waals surface area contributed by atoms with Crippen LogP contribution in [0, 0.1) is 0 Å². The highest BCUT2D eigenvalue weighted by Gasteiger charge is 2.38. The highest BCUT2D eigenvalue weighted by Crippen LogP contribution is 2.30. The standard InChI is InChI=1S/C13H17NO6S/c1-8(7-21(2,18)19)14(9-3-4-9)12(15)10-5-6-11(20-10)13(16)17/h5-6,8-9H,3-4,7H2,1-2H3,(H,16,17). The zero-order valence-corrected chi connectivity index (χ0v) is 12.6. The first kappa shape index (κ1) is 15.6. The third-order valence-electron chi connectivity index (χ3n) is 3.22. The van der Waals surface area contributed by atoms with Crippen molar-refractivity contribution in [2.75, 3.05) is 12.0 Å². The molecule has 0 radical (unpaired) electrons. The van der Waals surface area contributed by atoms with Crippen molar-refractivity contribution >= 4 is 21.7 Å². The summed E-state index contributed by atoms with van der Waals surface area (Å²) in [4.78, 5) is 24.7. The maximum atomic E-state index is 12.4. The molecule has 2 rings (SSSR count). The minimum absolute atomic E-state index is 0.00683. The molecule has 1 heterocycles. The minimum atomic E-state index is -3.22. The second-order valence-corrected chi connectivity index (χ2v) is 7.54. The van der Waals surface area contributed by atoms with Crippen LogP contribution in [0.2, 0.25) is 0 Å². The molecule has 1 aliphatic carbocycles. The van der Waals surface area contributed by atoms with E-state index in [9.17, 15) is 18.0 Å². The molecule has 116 valence electrons. The molecule has 1 amide bonds. The van der Waals surface area contributed by atoms with E-state index in [0.717, 1.165) is 19.1 Å². The topological polar surface area (TPSA) is 105 Å². The van der Waals surface area contributed by atoms with Crippen molar-refractivity contribution in [2.24, 2.45) is 0 Å². The molecule has 21 heavy (non-hydrogen) atoms. The Morgan fingerprint density at radius 3 is 2.38 bits per heavy atom. The van der Waals surface area contributed by atoms with Gasteiger partial charge in [-0.2, -0.15) is 0 Å². The van der Waals surface area contributed by atoms with Crippen LogP contribution in [-0.2, 0) is 9.84 Å². The lowest BCUT2D eigenvalue weighted by molar-refractivity contribution is 0.0630. The smallest absolute Gasteiger partial charge is 0.371 e. The average molecular weight is 315 g/mol. The number of hydrogen-bond donors (Lipinski definition) is 1. The molecule has 1 aromatic heterocycles. The highest BCUT2D eigenvalue weighted by atomic mass is 32.2. The van der Waals surface area contributed by atoms with Crippen LogP contribution in [0.4, 0.5) is 0 Å². The van der Waals surface area contributed by atoms with E-state index >= 15 is 0 Å². The van der Waals surface area contributed by atoms with E-state index in [4.69, 9.17) is 9.52 Å². The number of amides is 1. The van der Waals surface area contributed by atoms with Gasteiger partial charge in [0, 0.05) is 18.3 Å². The summed E-state index contributed by atoms with van der Waals surface area (Å²) in [7, 11) is -3.22. The minimum Gasteiger partial charge on any atom is -0.475 e. The van der Waals surface area contributed by atoms with E-state index in [1.807, 2.05) is 0 Å². The number of carboxylic acids is 1. The molecule has 0 aromatic carbocycles. The fourth-order valence-corrected chi connectivity index (χ4v) is 3.33. The molecule has 1 aliphatic rings. The lowest BCUT2D eigenvalue weighted by Crippen LogP contribution is -2.43. The van der Waals surface area contributed by atoms with Gasteiger partial charge >= 0.3 is 5.97 Å². The maximum Gasteiger partial charge on any atom is 0.371 e. The van der Waals surface area contributed by atoms with E-state index in [0.29, 0.717) is 0 Å². The van der Waals surface area contributed by atoms with Gasteiger partial charge in [-0.1, -0.05) is 0 Å². The number of sulfone groups is 1. The fraction of sp³-hybridized carbons (Fsp3) is 0.538. The molecule has 0 saturated heterocycles. The van der Waals surface area contributed by atoms with Gasteiger partial charge in [0.1, 0.15) is 9.84 Å². The summed E-state index contributed by atoms with van der Waals surface area (Å²) in [6.07, 6.45) is 2.74. The summed E-state index contributed by atoms with van der Waals surface area (Å²) < 4.78 is 27.8. The largest absolute Gasteiger partial charge is 0.475 e. The van der Waals surface area contributed by atoms with Crippen LogP contribution in [0.25, 0.3) is 0 Å². The molecule has 1 fully saturated rings. The first-order valence-electron chi connectivity index (χ1n) is 6.52. The summed E-state index contributed by atoms with van der Waals surface area (Å²) in [6.45, 7) is 1.66. The number of furan rings is 1. The normalized spacial score (nSPS) is 16.5. The third kappa shape index (κ3) is 3.84. The van der Waals surface area contributed by atoms with Gasteiger partial charge in [-0.05, 0) is 31.9 Å². The van der Waals surface area contributed by atoms with Crippen LogP contribution in [0.3, 0.4) is 0 Å². The van der Waals surface area contributed by atoms with Crippen LogP contribution in [0.5, 0.6) is 0 Å². The van der Waals surface area contributed by atoms with Gasteiger partial charge in [0.05, 0.1) is 5.75 Å². The lowest BCUT2D eigenvalue weighted by Gasteiger charge is -2.28. The van der Waals surface area contributed by atoms with Gasteiger partial charge in [0.15, 0.2) is 5.76 Å². The van der Waals surface area contributed by atoms with Gasteiger partial charge in [0.25, 0.3) is 5.91 Å². The van der Waals surface area contributed by atoms with E-state index in [2.05, 4.69) is 0 Å². The van der Waals surface area contributed by atoms with Gasteiger partial charge < -0.3 is 14.4 Å². The van der Waals surface area contributed by atoms with Crippen molar-refractivity contribution in [3.8, 4) is 0 Å². The SMILES string of the molecule is CC(CS(C)(=O)=O)N(C(=O)c1ccc(C(=O)O)o1)C1CC1. The van der Waals surface area contributed by atoms with Crippen LogP contribution in [0.15, 0.2) is 16.5 Å². The van der Waals surface area contributed by atoms with Gasteiger partial charge in [0.2, 0.25) is 5.76 Å². The number of hydrogen-bond acceptors (Lipinski definition) is 5. The van der Waals surface area contributed by atoms with Crippen molar-refractivity contribution in [3.63, 3.8) is 0 Å². The molecule has 1 N–H and O–H groups in total. The summed E-state index contributed by atoms with van der Waals surface area (Å²) in [6, 6.07) is 2.02. The van der Waals surface area contributed by atoms with E-state index in [1.54, 1.807) is 6.92 Å². The second kappa shape index (κ2) is 5.51. The Morgan fingerprint density at radius 2 is 1.95 bits per heavy atom. The van der Waals surface area contributed by atoms with Gasteiger partial charge in [-0.25, -0.2) is 13.2 Å². The average Bonchev–Trinajstić information content (AvgIpc) is 3.02. The molecule has 7 nitrogen and oxygen atoms in total. The molecule has 0 bridgehead atoms. The number of nitrogens with zero attached hydrogens (tertiary/aromatic N) is 1. The first-order valence-corrected chi connectivity index (χ1v) is 8.58. The van der Waals surface area contributed by atoms with Crippen molar-refractivity contribution in [2.45, 2.75) is 31.8 Å². The van der Waals surface area contributed by atoms with Crippen LogP contribution < -0.4 is 0 Å². The molecule has 1 saturated carbocycles. The first-order chi connectivity index (χ1) is 9.69. The summed E-state index contributed by atoms with van der Waals surface area (Å²) in [5, 5.41) is 8.80. The Hall–Kier alpha value is -1.83. The van der Waals surface area contributed by atoms with Gasteiger partial charge in [-0.15, -0.1) is 0 Å². The molecule has 1 aromatic rings. The summed E-state index contributed by atoms with van der Waals surface area (Å²) in [5.41, 5.74) is 0. The van der Waals surface area contributed by atoms with Crippen molar-refractivity contribution < 1.29 is 27.5 Å². The maximum absolute atomic E-state index is 12.4. The van der Waals surface area contributed by atoms with Crippen molar-refractivity contribution in [1.29, 1.82) is 0 Å². The monoisotopic (exact) mass is 315 g/mol. The highest BCUT2D eigenvalue weighted by molar-refractivity contribution is 7.90. The Morgan fingerprint density at radius 1 is 1.38 bits per heavy atom. The predicted molar refractivity (Wildman–Crippen MR) is 74.0 cm³/mol. The van der Waals surface area contributed by atoms with E-state index in [1.165, 1.54) is 17.0 Å². The Kier molecular flexibility index (Phi) is 4.08. The predicted octanol–water partition coefficient (Wildman–Crippen LogP) is 1.02. The second-order valence-electron chi connectivity index (χ2n) is 5.35. The number of rotatable bonds is 6. The summed E-state index contributed by atoms with van der Waals surface area (Å²) in [5.74, 6) is -2.26. The van der Waals surface area contributed by atoms with Gasteiger partial charge in [-0.3, -0.25) is 4.79 Å². The molecule has 0 spiro atoms. The van der Waals surface area contributed by atoms with E-state index < -0.39 is 27.8 Å². The van der Waals surface area contributed by atoms with Crippen LogP contribution in [0.1, 0.15) is 40.9 Å². The third-order valence-corrected chi connectivity index (χ3v) is 4.31. The van der Waals surface area contributed by atoms with Crippen LogP contribution >= 0.6 is 0 Å². The zero-order valence-electron chi connectivity index (χ0n) is 11.8. The summed E-state index contributed by atoms with van der Waals surface area (Å²) >= 11 is 0. The molecule has 1 atom stereocenters. The molecular weight excluding hydrogens is 298 g/mol. The van der Waals surface area contributed by atoms with Crippen molar-refractivity contribution in [3.05, 3.63) is 23.7 Å². The number of carboxylic acid groups (broad SMARTS) is 1. The number of carbonyl (C=O) groups is 2. The lowest BCUT2D eigenvalue weighted by atomic mass is 10.2. The molecule has 8 heteroatoms. The number of aromatic carboxylic acids is 1. The Bertz CT molecular complexity index is 658. The van der Waals surface area contributed by atoms with Crippen molar-refractivity contribution in [1.82, 2.24) is 4.90 Å². The molecular formula is C13H17NO6S. The quantitative estimate of drug-likeness (QED) is 0.840. The Balaban J connectivity index is 2.21. The fourth-order valence-electron chi connectivity index (χ4n) is 2.29. The Labute approximate surface area is 122 Å². The zero-order chi connectivity index (χ0) is 15.8. The molecule has 1 unspecified atom stereocenters. The molecule has 0 aliphatic heterocycles. The van der Waals surface area contributed by atoms with Crippen LogP contribution in [-0.4, -0.2) is 54.4 Å².